The Bertz CT molecular complexity index is 572. The van der Waals surface area contributed by atoms with Crippen LogP contribution in [0.5, 0.6) is 5.75 Å². The molecule has 2 rings (SSSR count). The Morgan fingerprint density at radius 2 is 2.00 bits per heavy atom. The highest BCUT2D eigenvalue weighted by atomic mass is 79.9. The highest BCUT2D eigenvalue weighted by Crippen LogP contribution is 2.23. The lowest BCUT2D eigenvalue weighted by atomic mass is 10.2. The molecule has 2 aromatic carbocycles. The average Bonchev–Trinajstić information content (AvgIpc) is 2.34. The van der Waals surface area contributed by atoms with E-state index >= 15 is 0 Å². The molecule has 0 bridgehead atoms. The summed E-state index contributed by atoms with van der Waals surface area (Å²) in [6.45, 7) is 2.38. The van der Waals surface area contributed by atoms with Gasteiger partial charge in [-0.1, -0.05) is 22.0 Å². The van der Waals surface area contributed by atoms with Gasteiger partial charge in [0.15, 0.2) is 0 Å². The predicted molar refractivity (Wildman–Crippen MR) is 74.3 cm³/mol. The van der Waals surface area contributed by atoms with Gasteiger partial charge in [0, 0.05) is 22.3 Å². The molecule has 0 aromatic heterocycles. The molecule has 2 N–H and O–H groups in total. The molecule has 2 aromatic rings. The first-order valence-electron chi connectivity index (χ1n) is 5.53. The van der Waals surface area contributed by atoms with E-state index in [1.165, 1.54) is 18.2 Å². The lowest BCUT2D eigenvalue weighted by Gasteiger charge is -2.09. The van der Waals surface area contributed by atoms with Crippen LogP contribution >= 0.6 is 15.9 Å². The Morgan fingerprint density at radius 1 is 1.22 bits per heavy atom. The lowest BCUT2D eigenvalue weighted by Crippen LogP contribution is -2.00. The molecule has 2 nitrogen and oxygen atoms in total. The van der Waals surface area contributed by atoms with Crippen molar-refractivity contribution in [2.75, 3.05) is 5.32 Å². The van der Waals surface area contributed by atoms with Crippen molar-refractivity contribution in [3.05, 3.63) is 57.8 Å². The van der Waals surface area contributed by atoms with E-state index in [-0.39, 0.29) is 11.6 Å². The van der Waals surface area contributed by atoms with Crippen LogP contribution in [0.1, 0.15) is 11.1 Å². The van der Waals surface area contributed by atoms with Gasteiger partial charge in [-0.05, 0) is 42.8 Å². The molecule has 0 unspecified atom stereocenters. The van der Waals surface area contributed by atoms with E-state index in [2.05, 4.69) is 21.2 Å². The van der Waals surface area contributed by atoms with E-state index in [0.717, 1.165) is 15.7 Å². The van der Waals surface area contributed by atoms with Crippen LogP contribution in [0, 0.1) is 12.7 Å². The molecule has 0 spiro atoms. The Balaban J connectivity index is 2.11. The molecule has 0 saturated carbocycles. The SMILES string of the molecule is Cc1ccc(NCc2cc(F)ccc2O)cc1Br. The van der Waals surface area contributed by atoms with E-state index in [4.69, 9.17) is 0 Å². The number of aromatic hydroxyl groups is 1. The third-order valence-corrected chi connectivity index (χ3v) is 3.55. The Labute approximate surface area is 114 Å². The van der Waals surface area contributed by atoms with Gasteiger partial charge >= 0.3 is 0 Å². The van der Waals surface area contributed by atoms with Crippen LogP contribution in [0.3, 0.4) is 0 Å². The van der Waals surface area contributed by atoms with Crippen molar-refractivity contribution in [3.63, 3.8) is 0 Å². The van der Waals surface area contributed by atoms with Gasteiger partial charge in [-0.15, -0.1) is 0 Å². The van der Waals surface area contributed by atoms with E-state index in [1.807, 2.05) is 25.1 Å². The van der Waals surface area contributed by atoms with Crippen LogP contribution < -0.4 is 5.32 Å². The molecule has 0 heterocycles. The lowest BCUT2D eigenvalue weighted by molar-refractivity contribution is 0.466. The molecule has 0 aliphatic rings. The summed E-state index contributed by atoms with van der Waals surface area (Å²) in [5, 5.41) is 12.7. The quantitative estimate of drug-likeness (QED) is 0.890. The maximum Gasteiger partial charge on any atom is 0.123 e. The largest absolute Gasteiger partial charge is 0.508 e. The van der Waals surface area contributed by atoms with Crippen molar-refractivity contribution in [1.82, 2.24) is 0 Å². The topological polar surface area (TPSA) is 32.3 Å². The van der Waals surface area contributed by atoms with Crippen molar-refractivity contribution >= 4 is 21.6 Å². The fourth-order valence-electron chi connectivity index (χ4n) is 1.60. The summed E-state index contributed by atoms with van der Waals surface area (Å²) >= 11 is 3.45. The number of aryl methyl sites for hydroxylation is 1. The minimum absolute atomic E-state index is 0.0927. The first-order chi connectivity index (χ1) is 8.56. The van der Waals surface area contributed by atoms with Gasteiger partial charge < -0.3 is 10.4 Å². The number of phenolic OH excluding ortho intramolecular Hbond substituents is 1. The number of hydrogen-bond donors (Lipinski definition) is 2. The summed E-state index contributed by atoms with van der Waals surface area (Å²) in [6.07, 6.45) is 0. The Hall–Kier alpha value is -1.55. The van der Waals surface area contributed by atoms with Crippen LogP contribution in [-0.4, -0.2) is 5.11 Å². The highest BCUT2D eigenvalue weighted by Gasteiger charge is 2.03. The molecule has 18 heavy (non-hydrogen) atoms. The number of hydrogen-bond acceptors (Lipinski definition) is 2. The van der Waals surface area contributed by atoms with E-state index in [9.17, 15) is 9.50 Å². The zero-order valence-electron chi connectivity index (χ0n) is 9.87. The first kappa shape index (κ1) is 12.9. The minimum Gasteiger partial charge on any atom is -0.508 e. The molecule has 94 valence electrons. The zero-order chi connectivity index (χ0) is 13.1. The molecule has 4 heteroatoms. The number of halogens is 2. The monoisotopic (exact) mass is 309 g/mol. The van der Waals surface area contributed by atoms with Gasteiger partial charge in [0.1, 0.15) is 11.6 Å². The first-order valence-corrected chi connectivity index (χ1v) is 6.33. The van der Waals surface area contributed by atoms with Crippen LogP contribution in [0.15, 0.2) is 40.9 Å². The van der Waals surface area contributed by atoms with E-state index < -0.39 is 0 Å². The van der Waals surface area contributed by atoms with Gasteiger partial charge in [0.05, 0.1) is 0 Å². The molecule has 0 atom stereocenters. The number of rotatable bonds is 3. The highest BCUT2D eigenvalue weighted by molar-refractivity contribution is 9.10. The maximum absolute atomic E-state index is 13.0. The van der Waals surface area contributed by atoms with Crippen molar-refractivity contribution in [1.29, 1.82) is 0 Å². The van der Waals surface area contributed by atoms with Crippen molar-refractivity contribution in [3.8, 4) is 5.75 Å². The summed E-state index contributed by atoms with van der Waals surface area (Å²) in [4.78, 5) is 0. The van der Waals surface area contributed by atoms with Crippen LogP contribution in [0.4, 0.5) is 10.1 Å². The van der Waals surface area contributed by atoms with Crippen LogP contribution in [0.25, 0.3) is 0 Å². The number of phenols is 1. The molecule has 0 aliphatic carbocycles. The molecule has 0 radical (unpaired) electrons. The third-order valence-electron chi connectivity index (χ3n) is 2.70. The minimum atomic E-state index is -0.352. The van der Waals surface area contributed by atoms with E-state index in [0.29, 0.717) is 12.1 Å². The summed E-state index contributed by atoms with van der Waals surface area (Å²) in [5.41, 5.74) is 2.59. The van der Waals surface area contributed by atoms with Crippen LogP contribution in [-0.2, 0) is 6.54 Å². The smallest absolute Gasteiger partial charge is 0.123 e. The van der Waals surface area contributed by atoms with Gasteiger partial charge in [-0.25, -0.2) is 4.39 Å². The molecule has 0 saturated heterocycles. The Kier molecular flexibility index (Phi) is 3.87. The summed E-state index contributed by atoms with van der Waals surface area (Å²) < 4.78 is 14.1. The normalized spacial score (nSPS) is 10.4. The summed E-state index contributed by atoms with van der Waals surface area (Å²) in [5.74, 6) is -0.259. The molecular formula is C14H13BrFNO. The third kappa shape index (κ3) is 3.01. The van der Waals surface area contributed by atoms with Crippen molar-refractivity contribution in [2.45, 2.75) is 13.5 Å². The second-order valence-electron chi connectivity index (χ2n) is 4.09. The maximum atomic E-state index is 13.0. The Morgan fingerprint density at radius 3 is 2.72 bits per heavy atom. The van der Waals surface area contributed by atoms with Gasteiger partial charge in [0.2, 0.25) is 0 Å². The number of benzene rings is 2. The standard InChI is InChI=1S/C14H13BrFNO/c1-9-2-4-12(7-13(9)15)17-8-10-6-11(16)3-5-14(10)18/h2-7,17-18H,8H2,1H3. The molecule has 0 fully saturated rings. The van der Waals surface area contributed by atoms with Crippen molar-refractivity contribution < 1.29 is 9.50 Å². The van der Waals surface area contributed by atoms with Crippen molar-refractivity contribution in [2.24, 2.45) is 0 Å². The van der Waals surface area contributed by atoms with Crippen LogP contribution in [0.2, 0.25) is 0 Å². The van der Waals surface area contributed by atoms with Gasteiger partial charge in [-0.3, -0.25) is 0 Å². The molecular weight excluding hydrogens is 297 g/mol. The van der Waals surface area contributed by atoms with E-state index in [1.54, 1.807) is 0 Å². The fraction of sp³-hybridized carbons (Fsp3) is 0.143. The number of anilines is 1. The fourth-order valence-corrected chi connectivity index (χ4v) is 1.97. The second-order valence-corrected chi connectivity index (χ2v) is 4.94. The average molecular weight is 310 g/mol. The zero-order valence-corrected chi connectivity index (χ0v) is 11.5. The summed E-state index contributed by atoms with van der Waals surface area (Å²) in [6, 6.07) is 9.80. The summed E-state index contributed by atoms with van der Waals surface area (Å²) in [7, 11) is 0. The molecule has 0 aliphatic heterocycles. The number of nitrogens with one attached hydrogen (secondary N) is 1. The second kappa shape index (κ2) is 5.40. The molecule has 0 amide bonds. The van der Waals surface area contributed by atoms with Gasteiger partial charge in [0.25, 0.3) is 0 Å². The predicted octanol–water partition coefficient (Wildman–Crippen LogP) is 4.21. The van der Waals surface area contributed by atoms with Gasteiger partial charge in [-0.2, -0.15) is 0 Å².